The molecular weight excluding hydrogens is 472 g/mol. The van der Waals surface area contributed by atoms with Crippen molar-refractivity contribution in [1.29, 1.82) is 0 Å². The van der Waals surface area contributed by atoms with Gasteiger partial charge in [0.1, 0.15) is 23.2 Å². The highest BCUT2D eigenvalue weighted by atomic mass is 127. The number of furan rings is 1. The standard InChI is InChI=1S/C17H15FIN3O5/c1-9(8-23)27-22-17(24)26-16-15(11-7-20-5-4-14(11)25-16)21-13-3-2-10(19)6-12(13)18/h2-7,9,21,23H,8H2,1H3,(H,22,24). The molecule has 2 heterocycles. The molecule has 0 aliphatic rings. The summed E-state index contributed by atoms with van der Waals surface area (Å²) in [5.41, 5.74) is 2.85. The van der Waals surface area contributed by atoms with Crippen LogP contribution in [0.15, 0.2) is 41.1 Å². The van der Waals surface area contributed by atoms with Crippen LogP contribution in [0.3, 0.4) is 0 Å². The van der Waals surface area contributed by atoms with Gasteiger partial charge in [0, 0.05) is 16.0 Å². The fraction of sp³-hybridized carbons (Fsp3) is 0.176. The molecule has 0 saturated carbocycles. The Morgan fingerprint density at radius 1 is 1.44 bits per heavy atom. The van der Waals surface area contributed by atoms with E-state index in [1.165, 1.54) is 18.5 Å². The average Bonchev–Trinajstić information content (AvgIpc) is 2.99. The van der Waals surface area contributed by atoms with Crippen LogP contribution in [-0.4, -0.2) is 28.9 Å². The SMILES string of the molecule is CC(CO)ONC(=O)Oc1oc2ccncc2c1Nc1ccc(I)cc1F. The molecular formula is C17H15FIN3O5. The molecule has 1 unspecified atom stereocenters. The quantitative estimate of drug-likeness (QED) is 0.360. The predicted molar refractivity (Wildman–Crippen MR) is 103 cm³/mol. The van der Waals surface area contributed by atoms with E-state index in [1.807, 2.05) is 28.1 Å². The number of carbonyl (C=O) groups is 1. The summed E-state index contributed by atoms with van der Waals surface area (Å²) in [6, 6.07) is 6.23. The van der Waals surface area contributed by atoms with E-state index in [9.17, 15) is 9.18 Å². The molecule has 3 N–H and O–H groups in total. The minimum absolute atomic E-state index is 0.178. The average molecular weight is 487 g/mol. The van der Waals surface area contributed by atoms with Crippen LogP contribution in [0, 0.1) is 9.39 Å². The van der Waals surface area contributed by atoms with E-state index in [0.29, 0.717) is 11.0 Å². The van der Waals surface area contributed by atoms with Crippen molar-refractivity contribution in [3.05, 3.63) is 46.0 Å². The number of pyridine rings is 1. The number of aliphatic hydroxyl groups excluding tert-OH is 1. The fourth-order valence-electron chi connectivity index (χ4n) is 2.13. The van der Waals surface area contributed by atoms with E-state index in [2.05, 4.69) is 10.3 Å². The summed E-state index contributed by atoms with van der Waals surface area (Å²) in [5.74, 6) is -0.663. The number of aliphatic hydroxyl groups is 1. The Labute approximate surface area is 166 Å². The fourth-order valence-corrected chi connectivity index (χ4v) is 2.58. The van der Waals surface area contributed by atoms with E-state index in [1.54, 1.807) is 25.1 Å². The molecule has 8 nitrogen and oxygen atoms in total. The van der Waals surface area contributed by atoms with Crippen LogP contribution >= 0.6 is 22.6 Å². The first kappa shape index (κ1) is 19.3. The van der Waals surface area contributed by atoms with Gasteiger partial charge in [0.2, 0.25) is 0 Å². The lowest BCUT2D eigenvalue weighted by molar-refractivity contribution is -0.0308. The van der Waals surface area contributed by atoms with Gasteiger partial charge in [0.25, 0.3) is 0 Å². The molecule has 0 fully saturated rings. The topological polar surface area (TPSA) is 106 Å². The summed E-state index contributed by atoms with van der Waals surface area (Å²) in [5, 5.41) is 12.3. The van der Waals surface area contributed by atoms with Crippen LogP contribution in [0.5, 0.6) is 5.95 Å². The number of benzene rings is 1. The summed E-state index contributed by atoms with van der Waals surface area (Å²) in [4.78, 5) is 20.8. The van der Waals surface area contributed by atoms with Gasteiger partial charge in [-0.05, 0) is 53.8 Å². The first-order valence-electron chi connectivity index (χ1n) is 7.81. The van der Waals surface area contributed by atoms with Crippen molar-refractivity contribution in [2.45, 2.75) is 13.0 Å². The van der Waals surface area contributed by atoms with Crippen molar-refractivity contribution >= 4 is 51.0 Å². The number of aromatic nitrogens is 1. The Bertz CT molecular complexity index is 965. The van der Waals surface area contributed by atoms with E-state index < -0.39 is 18.0 Å². The smallest absolute Gasteiger partial charge is 0.424 e. The number of nitrogens with zero attached hydrogens (tertiary/aromatic N) is 1. The molecule has 27 heavy (non-hydrogen) atoms. The molecule has 3 aromatic rings. The highest BCUT2D eigenvalue weighted by Crippen LogP contribution is 2.39. The van der Waals surface area contributed by atoms with Crippen LogP contribution in [0.1, 0.15) is 6.92 Å². The highest BCUT2D eigenvalue weighted by Gasteiger charge is 2.20. The molecule has 0 spiro atoms. The number of carbonyl (C=O) groups excluding carboxylic acids is 1. The third kappa shape index (κ3) is 4.64. The second kappa shape index (κ2) is 8.50. The molecule has 142 valence electrons. The van der Waals surface area contributed by atoms with Crippen LogP contribution < -0.4 is 15.5 Å². The van der Waals surface area contributed by atoms with Crippen molar-refractivity contribution in [3.8, 4) is 5.95 Å². The lowest BCUT2D eigenvalue weighted by Gasteiger charge is -2.11. The number of amides is 1. The molecule has 0 bridgehead atoms. The number of nitrogens with one attached hydrogen (secondary N) is 2. The van der Waals surface area contributed by atoms with E-state index in [0.717, 1.165) is 3.57 Å². The molecule has 2 aromatic heterocycles. The van der Waals surface area contributed by atoms with Gasteiger partial charge in [-0.3, -0.25) is 9.82 Å². The highest BCUT2D eigenvalue weighted by molar-refractivity contribution is 14.1. The van der Waals surface area contributed by atoms with E-state index >= 15 is 0 Å². The lowest BCUT2D eigenvalue weighted by Crippen LogP contribution is -2.32. The number of fused-ring (bicyclic) bond motifs is 1. The summed E-state index contributed by atoms with van der Waals surface area (Å²) in [6.07, 6.45) is 1.43. The van der Waals surface area contributed by atoms with Gasteiger partial charge in [-0.15, -0.1) is 0 Å². The molecule has 0 aliphatic heterocycles. The second-order valence-electron chi connectivity index (χ2n) is 5.49. The van der Waals surface area contributed by atoms with Crippen molar-refractivity contribution in [1.82, 2.24) is 10.5 Å². The zero-order valence-corrected chi connectivity index (χ0v) is 16.2. The number of anilines is 2. The molecule has 1 atom stereocenters. The van der Waals surface area contributed by atoms with Gasteiger partial charge in [-0.1, -0.05) is 0 Å². The van der Waals surface area contributed by atoms with Crippen molar-refractivity contribution in [2.24, 2.45) is 0 Å². The zero-order chi connectivity index (χ0) is 19.4. The van der Waals surface area contributed by atoms with Crippen molar-refractivity contribution < 1.29 is 28.3 Å². The molecule has 1 aromatic carbocycles. The van der Waals surface area contributed by atoms with Gasteiger partial charge in [-0.2, -0.15) is 5.48 Å². The maximum Gasteiger partial charge on any atom is 0.439 e. The zero-order valence-electron chi connectivity index (χ0n) is 14.0. The van der Waals surface area contributed by atoms with Crippen LogP contribution in [0.25, 0.3) is 11.0 Å². The largest absolute Gasteiger partial charge is 0.439 e. The minimum Gasteiger partial charge on any atom is -0.424 e. The van der Waals surface area contributed by atoms with Crippen LogP contribution in [0.4, 0.5) is 20.6 Å². The Kier molecular flexibility index (Phi) is 6.08. The van der Waals surface area contributed by atoms with Gasteiger partial charge in [-0.25, -0.2) is 9.18 Å². The maximum absolute atomic E-state index is 14.2. The third-order valence-electron chi connectivity index (χ3n) is 3.43. The Morgan fingerprint density at radius 2 is 2.26 bits per heavy atom. The van der Waals surface area contributed by atoms with Gasteiger partial charge in [0.05, 0.1) is 17.7 Å². The van der Waals surface area contributed by atoms with Gasteiger partial charge in [0.15, 0.2) is 0 Å². The van der Waals surface area contributed by atoms with E-state index in [-0.39, 0.29) is 23.9 Å². The second-order valence-corrected chi connectivity index (χ2v) is 6.73. The summed E-state index contributed by atoms with van der Waals surface area (Å²) < 4.78 is 25.6. The third-order valence-corrected chi connectivity index (χ3v) is 4.10. The summed E-state index contributed by atoms with van der Waals surface area (Å²) in [7, 11) is 0. The molecule has 3 rings (SSSR count). The van der Waals surface area contributed by atoms with E-state index in [4.69, 9.17) is 19.1 Å². The molecule has 0 radical (unpaired) electrons. The number of hydroxylamine groups is 1. The number of rotatable bonds is 6. The molecule has 0 aliphatic carbocycles. The van der Waals surface area contributed by atoms with Gasteiger partial charge < -0.3 is 19.6 Å². The molecule has 10 heteroatoms. The normalized spacial score (nSPS) is 12.0. The molecule has 1 amide bonds. The van der Waals surface area contributed by atoms with Gasteiger partial charge >= 0.3 is 12.0 Å². The number of hydrogen-bond acceptors (Lipinski definition) is 7. The first-order valence-corrected chi connectivity index (χ1v) is 8.88. The summed E-state index contributed by atoms with van der Waals surface area (Å²) >= 11 is 2.00. The van der Waals surface area contributed by atoms with Crippen LogP contribution in [-0.2, 0) is 4.84 Å². The Morgan fingerprint density at radius 3 is 3.00 bits per heavy atom. The monoisotopic (exact) mass is 487 g/mol. The number of ether oxygens (including phenoxy) is 1. The minimum atomic E-state index is -0.964. The van der Waals surface area contributed by atoms with Crippen molar-refractivity contribution in [3.63, 3.8) is 0 Å². The first-order chi connectivity index (χ1) is 13.0. The Balaban J connectivity index is 1.88. The van der Waals surface area contributed by atoms with Crippen molar-refractivity contribution in [2.75, 3.05) is 11.9 Å². The number of hydrogen-bond donors (Lipinski definition) is 3. The lowest BCUT2D eigenvalue weighted by atomic mass is 10.2. The predicted octanol–water partition coefficient (Wildman–Crippen LogP) is 3.72. The Hall–Kier alpha value is -2.44. The van der Waals surface area contributed by atoms with Crippen LogP contribution in [0.2, 0.25) is 0 Å². The number of halogens is 2. The maximum atomic E-state index is 14.2. The summed E-state index contributed by atoms with van der Waals surface area (Å²) in [6.45, 7) is 1.27. The molecule has 0 saturated heterocycles.